The maximum absolute atomic E-state index is 13.2. The van der Waals surface area contributed by atoms with Crippen molar-refractivity contribution in [3.8, 4) is 6.07 Å². The first-order valence-electron chi connectivity index (χ1n) is 6.68. The van der Waals surface area contributed by atoms with Gasteiger partial charge in [0.1, 0.15) is 17.7 Å². The van der Waals surface area contributed by atoms with Gasteiger partial charge in [-0.1, -0.05) is 0 Å². The average Bonchev–Trinajstić information content (AvgIpc) is 2.96. The summed E-state index contributed by atoms with van der Waals surface area (Å²) >= 11 is 0. The molecule has 1 aliphatic rings. The summed E-state index contributed by atoms with van der Waals surface area (Å²) in [5.41, 5.74) is 0.360. The Morgan fingerprint density at radius 3 is 3.19 bits per heavy atom. The van der Waals surface area contributed by atoms with Crippen LogP contribution in [-0.2, 0) is 17.8 Å². The minimum atomic E-state index is -0.588. The zero-order valence-corrected chi connectivity index (χ0v) is 11.2. The van der Waals surface area contributed by atoms with E-state index in [1.54, 1.807) is 12.3 Å². The number of carbonyl (C=O) groups is 1. The maximum atomic E-state index is 13.2. The summed E-state index contributed by atoms with van der Waals surface area (Å²) in [6.45, 7) is 0.764. The molecule has 1 unspecified atom stereocenters. The maximum Gasteiger partial charge on any atom is 0.228 e. The van der Waals surface area contributed by atoms with Crippen LogP contribution in [0.4, 0.5) is 10.1 Å². The number of hydrogen-bond acceptors (Lipinski definition) is 3. The highest BCUT2D eigenvalue weighted by molar-refractivity contribution is 5.92. The largest absolute Gasteiger partial charge is 0.335 e. The van der Waals surface area contributed by atoms with E-state index in [9.17, 15) is 9.18 Å². The molecule has 0 fully saturated rings. The van der Waals surface area contributed by atoms with Gasteiger partial charge in [-0.2, -0.15) is 5.26 Å². The Kier molecular flexibility index (Phi) is 3.40. The van der Waals surface area contributed by atoms with Crippen LogP contribution in [0.3, 0.4) is 0 Å². The number of carbonyl (C=O) groups excluding carboxylic acids is 1. The van der Waals surface area contributed by atoms with Crippen molar-refractivity contribution in [1.82, 2.24) is 9.55 Å². The molecule has 0 saturated carbocycles. The third kappa shape index (κ3) is 2.63. The Morgan fingerprint density at radius 2 is 2.38 bits per heavy atom. The van der Waals surface area contributed by atoms with E-state index in [0.717, 1.165) is 18.8 Å². The molecule has 5 nitrogen and oxygen atoms in total. The highest BCUT2D eigenvalue weighted by Crippen LogP contribution is 2.21. The van der Waals surface area contributed by atoms with Gasteiger partial charge in [-0.3, -0.25) is 4.79 Å². The van der Waals surface area contributed by atoms with Crippen LogP contribution in [0.15, 0.2) is 30.6 Å². The molecule has 1 aliphatic heterocycles. The van der Waals surface area contributed by atoms with Gasteiger partial charge in [-0.05, 0) is 24.6 Å². The molecule has 0 radical (unpaired) electrons. The van der Waals surface area contributed by atoms with Crippen LogP contribution >= 0.6 is 0 Å². The number of halogens is 1. The van der Waals surface area contributed by atoms with Gasteiger partial charge < -0.3 is 9.88 Å². The number of nitrogens with zero attached hydrogens (tertiary/aromatic N) is 3. The number of hydrogen-bond donors (Lipinski definition) is 1. The molecule has 0 bridgehead atoms. The third-order valence-corrected chi connectivity index (χ3v) is 3.67. The average molecular weight is 284 g/mol. The number of amides is 1. The summed E-state index contributed by atoms with van der Waals surface area (Å²) in [5.74, 6) is 0.0312. The lowest BCUT2D eigenvalue weighted by Crippen LogP contribution is -2.30. The third-order valence-electron chi connectivity index (χ3n) is 3.67. The normalized spacial score (nSPS) is 16.9. The zero-order chi connectivity index (χ0) is 14.8. The fourth-order valence-electron chi connectivity index (χ4n) is 2.51. The quantitative estimate of drug-likeness (QED) is 0.918. The highest BCUT2D eigenvalue weighted by atomic mass is 19.1. The van der Waals surface area contributed by atoms with E-state index in [1.165, 1.54) is 18.2 Å². The summed E-state index contributed by atoms with van der Waals surface area (Å²) in [6, 6.07) is 5.74. The van der Waals surface area contributed by atoms with E-state index in [-0.39, 0.29) is 17.4 Å². The molecule has 2 aromatic rings. The molecule has 1 N–H and O–H groups in total. The van der Waals surface area contributed by atoms with E-state index >= 15 is 0 Å². The van der Waals surface area contributed by atoms with Crippen LogP contribution in [0.2, 0.25) is 0 Å². The number of aromatic nitrogens is 2. The van der Waals surface area contributed by atoms with Crippen LogP contribution in [0.5, 0.6) is 0 Å². The van der Waals surface area contributed by atoms with Gasteiger partial charge >= 0.3 is 0 Å². The van der Waals surface area contributed by atoms with Crippen LogP contribution in [0.25, 0.3) is 0 Å². The predicted octanol–water partition coefficient (Wildman–Crippen LogP) is 2.09. The first kappa shape index (κ1) is 13.3. The van der Waals surface area contributed by atoms with Crippen molar-refractivity contribution in [3.05, 3.63) is 47.8 Å². The van der Waals surface area contributed by atoms with E-state index in [1.807, 2.05) is 10.8 Å². The second kappa shape index (κ2) is 5.37. The minimum Gasteiger partial charge on any atom is -0.335 e. The molecule has 0 spiro atoms. The number of fused-ring (bicyclic) bond motifs is 1. The number of benzene rings is 1. The van der Waals surface area contributed by atoms with Crippen molar-refractivity contribution in [3.63, 3.8) is 0 Å². The minimum absolute atomic E-state index is 0.0769. The number of nitrogens with one attached hydrogen (secondary N) is 1. The van der Waals surface area contributed by atoms with Gasteiger partial charge in [-0.15, -0.1) is 0 Å². The van der Waals surface area contributed by atoms with Crippen LogP contribution in [0, 0.1) is 23.1 Å². The smallest absolute Gasteiger partial charge is 0.228 e. The number of anilines is 1. The second-order valence-electron chi connectivity index (χ2n) is 5.02. The first-order chi connectivity index (χ1) is 10.2. The zero-order valence-electron chi connectivity index (χ0n) is 11.2. The lowest BCUT2D eigenvalue weighted by atomic mass is 9.96. The lowest BCUT2D eigenvalue weighted by Gasteiger charge is -2.22. The SMILES string of the molecule is N#Cc1cc(NC(=O)C2CCn3ccnc3C2)ccc1F. The Bertz CT molecular complexity index is 732. The van der Waals surface area contributed by atoms with Crippen molar-refractivity contribution in [2.24, 2.45) is 5.92 Å². The van der Waals surface area contributed by atoms with Gasteiger partial charge in [-0.25, -0.2) is 9.37 Å². The van der Waals surface area contributed by atoms with Crippen molar-refractivity contribution in [1.29, 1.82) is 5.26 Å². The molecular weight excluding hydrogens is 271 g/mol. The molecule has 1 amide bonds. The molecule has 21 heavy (non-hydrogen) atoms. The molecule has 1 atom stereocenters. The highest BCUT2D eigenvalue weighted by Gasteiger charge is 2.25. The van der Waals surface area contributed by atoms with Crippen LogP contribution in [-0.4, -0.2) is 15.5 Å². The van der Waals surface area contributed by atoms with Crippen molar-refractivity contribution in [2.75, 3.05) is 5.32 Å². The molecule has 0 saturated heterocycles. The number of rotatable bonds is 2. The van der Waals surface area contributed by atoms with Gasteiger partial charge in [0.2, 0.25) is 5.91 Å². The lowest BCUT2D eigenvalue weighted by molar-refractivity contribution is -0.120. The van der Waals surface area contributed by atoms with Gasteiger partial charge in [0.15, 0.2) is 0 Å². The number of imidazole rings is 1. The van der Waals surface area contributed by atoms with Crippen LogP contribution < -0.4 is 5.32 Å². The van der Waals surface area contributed by atoms with E-state index < -0.39 is 5.82 Å². The summed E-state index contributed by atoms with van der Waals surface area (Å²) in [6.07, 6.45) is 4.96. The Labute approximate surface area is 121 Å². The Hall–Kier alpha value is -2.68. The molecule has 1 aromatic heterocycles. The van der Waals surface area contributed by atoms with Gasteiger partial charge in [0.05, 0.1) is 5.56 Å². The molecule has 106 valence electrons. The van der Waals surface area contributed by atoms with Crippen molar-refractivity contribution < 1.29 is 9.18 Å². The van der Waals surface area contributed by atoms with Crippen LogP contribution in [0.1, 0.15) is 17.8 Å². The summed E-state index contributed by atoms with van der Waals surface area (Å²) in [5, 5.41) is 11.5. The summed E-state index contributed by atoms with van der Waals surface area (Å²) < 4.78 is 15.3. The van der Waals surface area contributed by atoms with Crippen molar-refractivity contribution >= 4 is 11.6 Å². The molecule has 2 heterocycles. The van der Waals surface area contributed by atoms with E-state index in [2.05, 4.69) is 10.3 Å². The monoisotopic (exact) mass is 284 g/mol. The standard InChI is InChI=1S/C15H13FN4O/c16-13-2-1-12(7-11(13)9-17)19-15(21)10-3-5-20-6-4-18-14(20)8-10/h1-2,4,6-7,10H,3,5,8H2,(H,19,21). The Balaban J connectivity index is 1.71. The topological polar surface area (TPSA) is 70.7 Å². The predicted molar refractivity (Wildman–Crippen MR) is 73.8 cm³/mol. The van der Waals surface area contributed by atoms with Crippen molar-refractivity contribution in [2.45, 2.75) is 19.4 Å². The van der Waals surface area contributed by atoms with Gasteiger partial charge in [0.25, 0.3) is 0 Å². The second-order valence-corrected chi connectivity index (χ2v) is 5.02. The van der Waals surface area contributed by atoms with Gasteiger partial charge in [0, 0.05) is 37.0 Å². The molecule has 3 rings (SSSR count). The number of aryl methyl sites for hydroxylation is 1. The van der Waals surface area contributed by atoms with E-state index in [0.29, 0.717) is 12.1 Å². The summed E-state index contributed by atoms with van der Waals surface area (Å²) in [4.78, 5) is 16.5. The molecule has 6 heteroatoms. The fraction of sp³-hybridized carbons (Fsp3) is 0.267. The fourth-order valence-corrected chi connectivity index (χ4v) is 2.51. The molecule has 0 aliphatic carbocycles. The first-order valence-corrected chi connectivity index (χ1v) is 6.68. The van der Waals surface area contributed by atoms with E-state index in [4.69, 9.17) is 5.26 Å². The Morgan fingerprint density at radius 1 is 1.52 bits per heavy atom. The molecule has 1 aromatic carbocycles. The summed E-state index contributed by atoms with van der Waals surface area (Å²) in [7, 11) is 0. The molecular formula is C15H13FN4O. The number of nitriles is 1.